The van der Waals surface area contributed by atoms with Crippen molar-refractivity contribution in [2.45, 2.75) is 70.7 Å². The van der Waals surface area contributed by atoms with E-state index >= 15 is 0 Å². The number of nitrogens with zero attached hydrogens (tertiary/aromatic N) is 1. The maximum atomic E-state index is 12.2. The van der Waals surface area contributed by atoms with Crippen LogP contribution in [-0.4, -0.2) is 43.3 Å². The molecular formula is C19H30N2O5Si. The summed E-state index contributed by atoms with van der Waals surface area (Å²) in [6, 6.07) is 0. The first-order valence-corrected chi connectivity index (χ1v) is 12.0. The molecule has 2 heterocycles. The molecule has 0 radical (unpaired) electrons. The summed E-state index contributed by atoms with van der Waals surface area (Å²) in [5, 5.41) is 0.0765. The van der Waals surface area contributed by atoms with Crippen molar-refractivity contribution in [2.24, 2.45) is 0 Å². The summed E-state index contributed by atoms with van der Waals surface area (Å²) in [4.78, 5) is 26.1. The molecule has 7 nitrogen and oxygen atoms in total. The zero-order valence-electron chi connectivity index (χ0n) is 17.0. The second kappa shape index (κ2) is 8.15. The van der Waals surface area contributed by atoms with Gasteiger partial charge in [0.1, 0.15) is 18.9 Å². The third kappa shape index (κ3) is 4.99. The van der Waals surface area contributed by atoms with Crippen LogP contribution in [0.4, 0.5) is 0 Å². The minimum atomic E-state index is -1.95. The molecule has 1 N–H and O–H groups in total. The number of terminal acetylenes is 1. The molecule has 1 fully saturated rings. The first-order valence-electron chi connectivity index (χ1n) is 9.13. The average Bonchev–Trinajstić information content (AvgIpc) is 2.96. The lowest BCUT2D eigenvalue weighted by molar-refractivity contribution is -0.0550. The number of nitrogens with one attached hydrogen (secondary N) is 1. The molecule has 1 saturated heterocycles. The number of rotatable bonds is 6. The summed E-state index contributed by atoms with van der Waals surface area (Å²) < 4.78 is 19.5. The van der Waals surface area contributed by atoms with Crippen molar-refractivity contribution in [1.29, 1.82) is 0 Å². The topological polar surface area (TPSA) is 82.6 Å². The molecule has 0 saturated carbocycles. The number of hydrogen-bond acceptors (Lipinski definition) is 5. The van der Waals surface area contributed by atoms with Gasteiger partial charge in [0.15, 0.2) is 8.32 Å². The molecule has 0 amide bonds. The summed E-state index contributed by atoms with van der Waals surface area (Å²) >= 11 is 0. The number of aromatic amines is 1. The molecule has 1 unspecified atom stereocenters. The Morgan fingerprint density at radius 2 is 2.07 bits per heavy atom. The van der Waals surface area contributed by atoms with Gasteiger partial charge < -0.3 is 13.9 Å². The highest BCUT2D eigenvalue weighted by atomic mass is 28.4. The number of hydrogen-bond donors (Lipinski definition) is 1. The van der Waals surface area contributed by atoms with Crippen LogP contribution in [0.15, 0.2) is 15.8 Å². The van der Waals surface area contributed by atoms with Crippen LogP contribution >= 0.6 is 0 Å². The molecule has 150 valence electrons. The number of aryl methyl sites for hydroxylation is 1. The first kappa shape index (κ1) is 21.6. The Morgan fingerprint density at radius 3 is 2.67 bits per heavy atom. The molecule has 1 aliphatic heterocycles. The average molecular weight is 395 g/mol. The van der Waals surface area contributed by atoms with Gasteiger partial charge in [-0.1, -0.05) is 26.7 Å². The van der Waals surface area contributed by atoms with Crippen LogP contribution in [-0.2, 0) is 13.9 Å². The molecule has 3 atom stereocenters. The largest absolute Gasteiger partial charge is 0.414 e. The molecule has 8 heteroatoms. The molecule has 27 heavy (non-hydrogen) atoms. The SMILES string of the molecule is C#CCOC1C[C@H](n2cc(C)c(=O)[nH]c2=O)O[C@@H]1CO[Si](C)(C)C(C)(C)C. The highest BCUT2D eigenvalue weighted by Gasteiger charge is 2.42. The monoisotopic (exact) mass is 394 g/mol. The predicted molar refractivity (Wildman–Crippen MR) is 106 cm³/mol. The van der Waals surface area contributed by atoms with Crippen molar-refractivity contribution >= 4 is 8.32 Å². The highest BCUT2D eigenvalue weighted by Crippen LogP contribution is 2.38. The van der Waals surface area contributed by atoms with Gasteiger partial charge in [-0.15, -0.1) is 6.42 Å². The van der Waals surface area contributed by atoms with Gasteiger partial charge in [0.05, 0.1) is 12.7 Å². The van der Waals surface area contributed by atoms with Crippen molar-refractivity contribution < 1.29 is 13.9 Å². The van der Waals surface area contributed by atoms with Gasteiger partial charge in [-0.25, -0.2) is 4.79 Å². The van der Waals surface area contributed by atoms with Gasteiger partial charge in [-0.05, 0) is 25.1 Å². The minimum Gasteiger partial charge on any atom is -0.414 e. The van der Waals surface area contributed by atoms with Crippen molar-refractivity contribution in [1.82, 2.24) is 9.55 Å². The van der Waals surface area contributed by atoms with Gasteiger partial charge in [0.25, 0.3) is 5.56 Å². The quantitative estimate of drug-likeness (QED) is 0.591. The van der Waals surface area contributed by atoms with Crippen LogP contribution in [0, 0.1) is 19.3 Å². The Bertz CT molecular complexity index is 815. The van der Waals surface area contributed by atoms with E-state index in [2.05, 4.69) is 44.8 Å². The standard InChI is InChI=1S/C19H30N2O5Si/c1-8-9-24-14-10-16(21-11-13(2)17(22)20-18(21)23)26-15(14)12-25-27(6,7)19(3,4)5/h1,11,14-16H,9-10,12H2,2-7H3,(H,20,22,23)/t14?,15-,16-/m1/s1. The van der Waals surface area contributed by atoms with E-state index in [4.69, 9.17) is 20.3 Å². The molecule has 1 aromatic rings. The van der Waals surface area contributed by atoms with Gasteiger partial charge in [0.2, 0.25) is 0 Å². The molecule has 2 rings (SSSR count). The summed E-state index contributed by atoms with van der Waals surface area (Å²) in [5.74, 6) is 2.47. The maximum absolute atomic E-state index is 12.2. The zero-order valence-corrected chi connectivity index (χ0v) is 18.0. The molecule has 0 spiro atoms. The van der Waals surface area contributed by atoms with Gasteiger partial charge in [-0.2, -0.15) is 0 Å². The normalized spacial score (nSPS) is 23.4. The summed E-state index contributed by atoms with van der Waals surface area (Å²) in [5.41, 5.74) is -0.454. The van der Waals surface area contributed by atoms with Crippen LogP contribution in [0.25, 0.3) is 0 Å². The summed E-state index contributed by atoms with van der Waals surface area (Å²) in [7, 11) is -1.95. The van der Waals surface area contributed by atoms with Crippen LogP contribution in [0.2, 0.25) is 18.1 Å². The third-order valence-corrected chi connectivity index (χ3v) is 9.93. The number of H-pyrrole nitrogens is 1. The van der Waals surface area contributed by atoms with Crippen LogP contribution in [0.5, 0.6) is 0 Å². The highest BCUT2D eigenvalue weighted by molar-refractivity contribution is 6.74. The van der Waals surface area contributed by atoms with E-state index in [1.165, 1.54) is 10.8 Å². The lowest BCUT2D eigenvalue weighted by atomic mass is 10.2. The van der Waals surface area contributed by atoms with E-state index in [1.807, 2.05) is 0 Å². The van der Waals surface area contributed by atoms with Crippen molar-refractivity contribution in [3.05, 3.63) is 32.6 Å². The van der Waals surface area contributed by atoms with E-state index in [0.717, 1.165) is 0 Å². The molecule has 0 aliphatic carbocycles. The minimum absolute atomic E-state index is 0.0765. The molecule has 1 aromatic heterocycles. The first-order chi connectivity index (χ1) is 12.5. The fourth-order valence-corrected chi connectivity index (χ4v) is 3.67. The van der Waals surface area contributed by atoms with Gasteiger partial charge >= 0.3 is 5.69 Å². The van der Waals surface area contributed by atoms with Crippen LogP contribution in [0.3, 0.4) is 0 Å². The second-order valence-electron chi connectivity index (χ2n) is 8.47. The van der Waals surface area contributed by atoms with E-state index in [0.29, 0.717) is 18.6 Å². The lowest BCUT2D eigenvalue weighted by Gasteiger charge is -2.37. The third-order valence-electron chi connectivity index (χ3n) is 5.43. The molecule has 1 aliphatic rings. The Hall–Kier alpha value is -1.66. The lowest BCUT2D eigenvalue weighted by Crippen LogP contribution is -2.44. The molecule has 0 bridgehead atoms. The maximum Gasteiger partial charge on any atom is 0.330 e. The van der Waals surface area contributed by atoms with E-state index in [1.54, 1.807) is 6.92 Å². The number of aromatic nitrogens is 2. The van der Waals surface area contributed by atoms with Crippen molar-refractivity contribution in [3.8, 4) is 12.3 Å². The summed E-state index contributed by atoms with van der Waals surface area (Å²) in [6.07, 6.45) is 6.14. The Kier molecular flexibility index (Phi) is 6.53. The Balaban J connectivity index is 2.19. The molecular weight excluding hydrogens is 364 g/mol. The Morgan fingerprint density at radius 1 is 1.41 bits per heavy atom. The van der Waals surface area contributed by atoms with Crippen molar-refractivity contribution in [2.75, 3.05) is 13.2 Å². The van der Waals surface area contributed by atoms with E-state index in [-0.39, 0.29) is 23.9 Å². The number of ether oxygens (including phenoxy) is 2. The van der Waals surface area contributed by atoms with Crippen molar-refractivity contribution in [3.63, 3.8) is 0 Å². The molecule has 0 aromatic carbocycles. The fourth-order valence-electron chi connectivity index (χ4n) is 2.66. The van der Waals surface area contributed by atoms with Crippen LogP contribution < -0.4 is 11.2 Å². The zero-order chi connectivity index (χ0) is 20.4. The van der Waals surface area contributed by atoms with Gasteiger partial charge in [0, 0.05) is 18.2 Å². The van der Waals surface area contributed by atoms with E-state index < -0.39 is 25.8 Å². The smallest absolute Gasteiger partial charge is 0.330 e. The predicted octanol–water partition coefficient (Wildman–Crippen LogP) is 2.17. The fraction of sp³-hybridized carbons (Fsp3) is 0.684. The van der Waals surface area contributed by atoms with E-state index in [9.17, 15) is 9.59 Å². The second-order valence-corrected chi connectivity index (χ2v) is 13.3. The Labute approximate surface area is 161 Å². The van der Waals surface area contributed by atoms with Gasteiger partial charge in [-0.3, -0.25) is 14.3 Å². The van der Waals surface area contributed by atoms with Crippen LogP contribution in [0.1, 0.15) is 39.0 Å². The summed E-state index contributed by atoms with van der Waals surface area (Å²) in [6.45, 7) is 13.1.